The van der Waals surface area contributed by atoms with Crippen LogP contribution in [-0.4, -0.2) is 53.8 Å². The number of nitrogen functional groups attached to an aromatic ring is 1. The Balaban J connectivity index is 2.02. The molecule has 0 spiro atoms. The van der Waals surface area contributed by atoms with Gasteiger partial charge in [-0.1, -0.05) is 6.92 Å². The monoisotopic (exact) mass is 289 g/mol. The lowest BCUT2D eigenvalue weighted by atomic mass is 10.2. The van der Waals surface area contributed by atoms with Gasteiger partial charge in [0.05, 0.1) is 6.54 Å². The maximum Gasteiger partial charge on any atom is 0.401 e. The lowest BCUT2D eigenvalue weighted by Crippen LogP contribution is -2.49. The van der Waals surface area contributed by atoms with E-state index in [1.54, 1.807) is 0 Å². The van der Waals surface area contributed by atoms with Gasteiger partial charge < -0.3 is 10.6 Å². The van der Waals surface area contributed by atoms with Crippen LogP contribution in [0.3, 0.4) is 0 Å². The third-order valence-electron chi connectivity index (χ3n) is 3.38. The molecule has 0 bridgehead atoms. The van der Waals surface area contributed by atoms with Crippen LogP contribution in [0.15, 0.2) is 6.33 Å². The first-order valence-electron chi connectivity index (χ1n) is 6.54. The normalized spacial score (nSPS) is 17.5. The zero-order valence-electron chi connectivity index (χ0n) is 11.3. The molecule has 5 nitrogen and oxygen atoms in total. The Kier molecular flexibility index (Phi) is 4.32. The molecule has 0 aliphatic carbocycles. The van der Waals surface area contributed by atoms with Gasteiger partial charge in [0, 0.05) is 31.7 Å². The largest absolute Gasteiger partial charge is 0.401 e. The zero-order chi connectivity index (χ0) is 14.8. The van der Waals surface area contributed by atoms with Crippen molar-refractivity contribution in [3.05, 3.63) is 11.9 Å². The SMILES string of the molecule is CCc1c(N)ncnc1N1CCN(CC(F)(F)F)CC1. The highest BCUT2D eigenvalue weighted by Gasteiger charge is 2.32. The van der Waals surface area contributed by atoms with Crippen molar-refractivity contribution < 1.29 is 13.2 Å². The van der Waals surface area contributed by atoms with Crippen molar-refractivity contribution in [2.75, 3.05) is 43.4 Å². The summed E-state index contributed by atoms with van der Waals surface area (Å²) < 4.78 is 37.0. The van der Waals surface area contributed by atoms with Gasteiger partial charge in [0.25, 0.3) is 0 Å². The van der Waals surface area contributed by atoms with E-state index in [-0.39, 0.29) is 0 Å². The number of nitrogens with zero attached hydrogens (tertiary/aromatic N) is 4. The van der Waals surface area contributed by atoms with Gasteiger partial charge in [-0.2, -0.15) is 13.2 Å². The minimum Gasteiger partial charge on any atom is -0.383 e. The van der Waals surface area contributed by atoms with Crippen LogP contribution in [0, 0.1) is 0 Å². The Hall–Kier alpha value is -1.57. The van der Waals surface area contributed by atoms with Crippen molar-refractivity contribution in [3.63, 3.8) is 0 Å². The maximum absolute atomic E-state index is 12.3. The first-order valence-corrected chi connectivity index (χ1v) is 6.54. The van der Waals surface area contributed by atoms with E-state index in [9.17, 15) is 13.2 Å². The van der Waals surface area contributed by atoms with Gasteiger partial charge in [0.15, 0.2) is 0 Å². The minimum atomic E-state index is -4.14. The van der Waals surface area contributed by atoms with Crippen molar-refractivity contribution >= 4 is 11.6 Å². The number of piperazine rings is 1. The summed E-state index contributed by atoms with van der Waals surface area (Å²) in [7, 11) is 0. The molecule has 8 heteroatoms. The second-order valence-electron chi connectivity index (χ2n) is 4.79. The summed E-state index contributed by atoms with van der Waals surface area (Å²) >= 11 is 0. The minimum absolute atomic E-state index is 0.368. The van der Waals surface area contributed by atoms with Crippen LogP contribution in [0.25, 0.3) is 0 Å². The van der Waals surface area contributed by atoms with Gasteiger partial charge >= 0.3 is 6.18 Å². The number of halogens is 3. The fraction of sp³-hybridized carbons (Fsp3) is 0.667. The molecule has 1 aliphatic rings. The highest BCUT2D eigenvalue weighted by atomic mass is 19.4. The third kappa shape index (κ3) is 3.50. The summed E-state index contributed by atoms with van der Waals surface area (Å²) in [5.41, 5.74) is 6.67. The van der Waals surface area contributed by atoms with E-state index in [1.807, 2.05) is 11.8 Å². The molecule has 0 radical (unpaired) electrons. The molecule has 1 saturated heterocycles. The first kappa shape index (κ1) is 14.8. The second kappa shape index (κ2) is 5.82. The van der Waals surface area contributed by atoms with Crippen molar-refractivity contribution in [2.24, 2.45) is 0 Å². The lowest BCUT2D eigenvalue weighted by molar-refractivity contribution is -0.146. The van der Waals surface area contributed by atoms with Crippen LogP contribution in [0.2, 0.25) is 0 Å². The molecule has 2 rings (SSSR count). The van der Waals surface area contributed by atoms with E-state index in [0.717, 1.165) is 11.4 Å². The van der Waals surface area contributed by atoms with E-state index in [0.29, 0.717) is 38.4 Å². The fourth-order valence-electron chi connectivity index (χ4n) is 2.40. The number of alkyl halides is 3. The molecule has 1 aromatic rings. The molecule has 0 amide bonds. The predicted octanol–water partition coefficient (Wildman–Crippen LogP) is 1.31. The molecule has 1 fully saturated rings. The number of hydrogen-bond acceptors (Lipinski definition) is 5. The van der Waals surface area contributed by atoms with Crippen LogP contribution in [0.4, 0.5) is 24.8 Å². The van der Waals surface area contributed by atoms with Gasteiger partial charge in [-0.15, -0.1) is 0 Å². The van der Waals surface area contributed by atoms with Crippen LogP contribution < -0.4 is 10.6 Å². The second-order valence-corrected chi connectivity index (χ2v) is 4.79. The molecule has 0 atom stereocenters. The third-order valence-corrected chi connectivity index (χ3v) is 3.38. The summed E-state index contributed by atoms with van der Waals surface area (Å²) in [6.45, 7) is 2.87. The van der Waals surface area contributed by atoms with E-state index in [1.165, 1.54) is 11.2 Å². The molecule has 1 aliphatic heterocycles. The van der Waals surface area contributed by atoms with Gasteiger partial charge in [0.1, 0.15) is 18.0 Å². The van der Waals surface area contributed by atoms with Crippen LogP contribution >= 0.6 is 0 Å². The van der Waals surface area contributed by atoms with Crippen LogP contribution in [0.1, 0.15) is 12.5 Å². The van der Waals surface area contributed by atoms with Crippen LogP contribution in [0.5, 0.6) is 0 Å². The Morgan fingerprint density at radius 1 is 1.20 bits per heavy atom. The number of hydrogen-bond donors (Lipinski definition) is 1. The average molecular weight is 289 g/mol. The Bertz CT molecular complexity index is 455. The molecule has 0 saturated carbocycles. The van der Waals surface area contributed by atoms with Gasteiger partial charge in [-0.05, 0) is 6.42 Å². The molecule has 112 valence electrons. The van der Waals surface area contributed by atoms with Gasteiger partial charge in [0.2, 0.25) is 0 Å². The zero-order valence-corrected chi connectivity index (χ0v) is 11.3. The molecule has 0 unspecified atom stereocenters. The fourth-order valence-corrected chi connectivity index (χ4v) is 2.40. The van der Waals surface area contributed by atoms with E-state index in [2.05, 4.69) is 9.97 Å². The van der Waals surface area contributed by atoms with Crippen molar-refractivity contribution in [2.45, 2.75) is 19.5 Å². The molecule has 2 heterocycles. The van der Waals surface area contributed by atoms with Crippen molar-refractivity contribution in [3.8, 4) is 0 Å². The Labute approximate surface area is 115 Å². The molecule has 1 aromatic heterocycles. The summed E-state index contributed by atoms with van der Waals surface area (Å²) in [4.78, 5) is 11.6. The molecular weight excluding hydrogens is 271 g/mol. The highest BCUT2D eigenvalue weighted by molar-refractivity contribution is 5.56. The first-order chi connectivity index (χ1) is 9.40. The number of nitrogens with two attached hydrogens (primary N) is 1. The molecule has 20 heavy (non-hydrogen) atoms. The summed E-state index contributed by atoms with van der Waals surface area (Å²) in [6, 6.07) is 0. The number of anilines is 2. The predicted molar refractivity (Wildman–Crippen MR) is 70.5 cm³/mol. The van der Waals surface area contributed by atoms with E-state index < -0.39 is 12.7 Å². The molecular formula is C12H18F3N5. The smallest absolute Gasteiger partial charge is 0.383 e. The summed E-state index contributed by atoms with van der Waals surface area (Å²) in [6.07, 6.45) is -2.05. The van der Waals surface area contributed by atoms with Gasteiger partial charge in [-0.25, -0.2) is 9.97 Å². The van der Waals surface area contributed by atoms with Gasteiger partial charge in [-0.3, -0.25) is 4.90 Å². The summed E-state index contributed by atoms with van der Waals surface area (Å²) in [5, 5.41) is 0. The highest BCUT2D eigenvalue weighted by Crippen LogP contribution is 2.24. The Morgan fingerprint density at radius 2 is 1.85 bits per heavy atom. The number of rotatable bonds is 3. The van der Waals surface area contributed by atoms with Crippen LogP contribution in [-0.2, 0) is 6.42 Å². The quantitative estimate of drug-likeness (QED) is 0.909. The lowest BCUT2D eigenvalue weighted by Gasteiger charge is -2.36. The molecule has 0 aromatic carbocycles. The topological polar surface area (TPSA) is 58.3 Å². The number of aromatic nitrogens is 2. The van der Waals surface area contributed by atoms with Crippen molar-refractivity contribution in [1.82, 2.24) is 14.9 Å². The maximum atomic E-state index is 12.3. The van der Waals surface area contributed by atoms with Crippen molar-refractivity contribution in [1.29, 1.82) is 0 Å². The summed E-state index contributed by atoms with van der Waals surface area (Å²) in [5.74, 6) is 1.18. The molecule has 2 N–H and O–H groups in total. The van der Waals surface area contributed by atoms with E-state index in [4.69, 9.17) is 5.73 Å². The standard InChI is InChI=1S/C12H18F3N5/c1-2-9-10(16)17-8-18-11(9)20-5-3-19(4-6-20)7-12(13,14)15/h8H,2-7H2,1H3,(H2,16,17,18). The Morgan fingerprint density at radius 3 is 2.40 bits per heavy atom. The average Bonchev–Trinajstić information content (AvgIpc) is 2.37. The van der Waals surface area contributed by atoms with E-state index >= 15 is 0 Å².